The number of rotatable bonds is 1. The molecule has 0 aromatic rings. The van der Waals surface area contributed by atoms with E-state index in [9.17, 15) is 0 Å². The van der Waals surface area contributed by atoms with Crippen molar-refractivity contribution >= 4 is 0 Å². The first kappa shape index (κ1) is 9.61. The quantitative estimate of drug-likeness (QED) is 0.413. The number of piperidine rings is 1. The normalized spacial score (nSPS) is 34.2. The van der Waals surface area contributed by atoms with Crippen LogP contribution >= 0.6 is 0 Å². The van der Waals surface area contributed by atoms with Crippen LogP contribution in [0, 0.1) is 12.3 Å². The summed E-state index contributed by atoms with van der Waals surface area (Å²) in [7, 11) is 2.30. The van der Waals surface area contributed by atoms with Gasteiger partial charge in [0.05, 0.1) is 19.1 Å². The zero-order valence-electron chi connectivity index (χ0n) is 8.51. The molecule has 0 aromatic heterocycles. The van der Waals surface area contributed by atoms with Gasteiger partial charge in [-0.15, -0.1) is 6.42 Å². The van der Waals surface area contributed by atoms with E-state index in [-0.39, 0.29) is 0 Å². The van der Waals surface area contributed by atoms with E-state index in [4.69, 9.17) is 6.42 Å². The lowest BCUT2D eigenvalue weighted by Crippen LogP contribution is -2.58. The molecule has 1 heteroatoms. The fraction of sp³-hybridized carbons (Fsp3) is 0.818. The van der Waals surface area contributed by atoms with E-state index in [0.29, 0.717) is 0 Å². The lowest BCUT2D eigenvalue weighted by Gasteiger charge is -2.47. The van der Waals surface area contributed by atoms with Gasteiger partial charge in [-0.2, -0.15) is 0 Å². The average Bonchev–Trinajstić information content (AvgIpc) is 2.02. The van der Waals surface area contributed by atoms with Gasteiger partial charge >= 0.3 is 0 Å². The highest BCUT2D eigenvalue weighted by molar-refractivity contribution is 4.85. The molecule has 1 heterocycles. The van der Waals surface area contributed by atoms with Gasteiger partial charge in [0.1, 0.15) is 6.54 Å². The molecular formula is C11H20N+. The lowest BCUT2D eigenvalue weighted by molar-refractivity contribution is -0.951. The van der Waals surface area contributed by atoms with Crippen LogP contribution in [0.4, 0.5) is 0 Å². The van der Waals surface area contributed by atoms with Gasteiger partial charge in [-0.1, -0.05) is 0 Å². The molecular weight excluding hydrogens is 146 g/mol. The molecule has 68 valence electrons. The molecule has 2 atom stereocenters. The van der Waals surface area contributed by atoms with Crippen molar-refractivity contribution in [3.63, 3.8) is 0 Å². The first-order valence-electron chi connectivity index (χ1n) is 4.89. The summed E-state index contributed by atoms with van der Waals surface area (Å²) in [6.45, 7) is 5.54. The van der Waals surface area contributed by atoms with E-state index >= 15 is 0 Å². The highest BCUT2D eigenvalue weighted by Gasteiger charge is 2.37. The van der Waals surface area contributed by atoms with E-state index in [1.54, 1.807) is 0 Å². The topological polar surface area (TPSA) is 0 Å². The predicted octanol–water partition coefficient (Wildman–Crippen LogP) is 2.03. The largest absolute Gasteiger partial charge is 0.312 e. The van der Waals surface area contributed by atoms with Crippen LogP contribution in [0.3, 0.4) is 0 Å². The molecule has 0 aromatic carbocycles. The fourth-order valence-corrected chi connectivity index (χ4v) is 2.24. The molecule has 1 nitrogen and oxygen atoms in total. The number of hydrogen-bond acceptors (Lipinski definition) is 0. The summed E-state index contributed by atoms with van der Waals surface area (Å²) < 4.78 is 1.08. The fourth-order valence-electron chi connectivity index (χ4n) is 2.24. The molecule has 0 aliphatic carbocycles. The Balaban J connectivity index is 2.74. The SMILES string of the molecule is C#CC[N+]1(C)[C@H](C)CCC[C@H]1C. The van der Waals surface area contributed by atoms with Crippen molar-refractivity contribution in [3.05, 3.63) is 0 Å². The molecule has 0 bridgehead atoms. The maximum absolute atomic E-state index is 5.40. The average molecular weight is 166 g/mol. The van der Waals surface area contributed by atoms with Crippen LogP contribution in [0.25, 0.3) is 0 Å². The summed E-state index contributed by atoms with van der Waals surface area (Å²) in [5, 5.41) is 0. The van der Waals surface area contributed by atoms with Gasteiger partial charge in [0, 0.05) is 0 Å². The van der Waals surface area contributed by atoms with Crippen molar-refractivity contribution in [2.75, 3.05) is 13.6 Å². The molecule has 0 saturated carbocycles. The standard InChI is InChI=1S/C11H20N/c1-5-9-12(4)10(2)7-6-8-11(12)3/h1,10-11H,6-9H2,2-4H3/q+1/t10-,11-/m1/s1. The summed E-state index contributed by atoms with van der Waals surface area (Å²) in [5.74, 6) is 2.81. The van der Waals surface area contributed by atoms with Gasteiger partial charge in [-0.3, -0.25) is 0 Å². The minimum atomic E-state index is 0.741. The Labute approximate surface area is 76.4 Å². The van der Waals surface area contributed by atoms with Crippen LogP contribution in [0.5, 0.6) is 0 Å². The number of terminal acetylenes is 1. The third-order valence-electron chi connectivity index (χ3n) is 3.69. The van der Waals surface area contributed by atoms with Crippen LogP contribution in [-0.2, 0) is 0 Å². The molecule has 1 fully saturated rings. The minimum absolute atomic E-state index is 0.741. The number of hydrogen-bond donors (Lipinski definition) is 0. The van der Waals surface area contributed by atoms with E-state index in [1.807, 2.05) is 0 Å². The van der Waals surface area contributed by atoms with E-state index in [2.05, 4.69) is 26.8 Å². The van der Waals surface area contributed by atoms with Crippen molar-refractivity contribution in [1.82, 2.24) is 0 Å². The number of quaternary nitrogens is 1. The van der Waals surface area contributed by atoms with Gasteiger partial charge in [-0.25, -0.2) is 0 Å². The highest BCUT2D eigenvalue weighted by Crippen LogP contribution is 2.28. The molecule has 1 aliphatic rings. The Morgan fingerprint density at radius 3 is 2.25 bits per heavy atom. The van der Waals surface area contributed by atoms with Crippen molar-refractivity contribution in [2.45, 2.75) is 45.2 Å². The van der Waals surface area contributed by atoms with Crippen LogP contribution in [0.2, 0.25) is 0 Å². The van der Waals surface area contributed by atoms with Gasteiger partial charge in [0.25, 0.3) is 0 Å². The maximum atomic E-state index is 5.40. The first-order valence-corrected chi connectivity index (χ1v) is 4.89. The summed E-state index contributed by atoms with van der Waals surface area (Å²) in [4.78, 5) is 0. The number of nitrogens with zero attached hydrogens (tertiary/aromatic N) is 1. The number of likely N-dealkylation sites (tertiary alicyclic amines) is 1. The molecule has 0 N–H and O–H groups in total. The molecule has 12 heavy (non-hydrogen) atoms. The smallest absolute Gasteiger partial charge is 0.140 e. The summed E-state index contributed by atoms with van der Waals surface area (Å²) in [6, 6.07) is 1.48. The molecule has 0 spiro atoms. The van der Waals surface area contributed by atoms with Crippen molar-refractivity contribution in [2.24, 2.45) is 0 Å². The highest BCUT2D eigenvalue weighted by atomic mass is 15.4. The Bertz CT molecular complexity index is 180. The Morgan fingerprint density at radius 2 is 1.83 bits per heavy atom. The van der Waals surface area contributed by atoms with Crippen LogP contribution in [-0.4, -0.2) is 30.2 Å². The third kappa shape index (κ3) is 1.49. The van der Waals surface area contributed by atoms with Crippen molar-refractivity contribution in [1.29, 1.82) is 0 Å². The second-order valence-electron chi connectivity index (χ2n) is 4.34. The minimum Gasteiger partial charge on any atom is -0.312 e. The second-order valence-corrected chi connectivity index (χ2v) is 4.34. The predicted molar refractivity (Wildman–Crippen MR) is 52.7 cm³/mol. The van der Waals surface area contributed by atoms with Gasteiger partial charge in [0.2, 0.25) is 0 Å². The van der Waals surface area contributed by atoms with Crippen LogP contribution in [0.1, 0.15) is 33.1 Å². The van der Waals surface area contributed by atoms with E-state index in [0.717, 1.165) is 23.1 Å². The van der Waals surface area contributed by atoms with Crippen molar-refractivity contribution in [3.8, 4) is 12.3 Å². The Morgan fingerprint density at radius 1 is 1.33 bits per heavy atom. The summed E-state index contributed by atoms with van der Waals surface area (Å²) in [5.41, 5.74) is 0. The monoisotopic (exact) mass is 166 g/mol. The molecule has 0 amide bonds. The van der Waals surface area contributed by atoms with Crippen LogP contribution < -0.4 is 0 Å². The zero-order valence-corrected chi connectivity index (χ0v) is 8.51. The summed E-state index contributed by atoms with van der Waals surface area (Å²) in [6.07, 6.45) is 9.45. The molecule has 1 aliphatic heterocycles. The Kier molecular flexibility index (Phi) is 2.80. The zero-order chi connectivity index (χ0) is 9.19. The van der Waals surface area contributed by atoms with E-state index < -0.39 is 0 Å². The van der Waals surface area contributed by atoms with Gasteiger partial charge in [-0.05, 0) is 39.0 Å². The molecule has 1 rings (SSSR count). The Hall–Kier alpha value is -0.480. The summed E-state index contributed by atoms with van der Waals surface area (Å²) >= 11 is 0. The van der Waals surface area contributed by atoms with Crippen molar-refractivity contribution < 1.29 is 4.48 Å². The molecule has 0 radical (unpaired) electrons. The third-order valence-corrected chi connectivity index (χ3v) is 3.69. The lowest BCUT2D eigenvalue weighted by atomic mass is 9.94. The van der Waals surface area contributed by atoms with Gasteiger partial charge in [0.15, 0.2) is 0 Å². The maximum Gasteiger partial charge on any atom is 0.140 e. The van der Waals surface area contributed by atoms with E-state index in [1.165, 1.54) is 19.3 Å². The van der Waals surface area contributed by atoms with Gasteiger partial charge < -0.3 is 4.48 Å². The first-order chi connectivity index (χ1) is 5.61. The van der Waals surface area contributed by atoms with Crippen LogP contribution in [0.15, 0.2) is 0 Å². The second kappa shape index (κ2) is 3.49. The molecule has 1 saturated heterocycles. The molecule has 0 unspecified atom stereocenters.